The van der Waals surface area contributed by atoms with Crippen LogP contribution in [0.1, 0.15) is 35.8 Å². The third kappa shape index (κ3) is 3.42. The summed E-state index contributed by atoms with van der Waals surface area (Å²) < 4.78 is 21.3. The number of nitrogens with zero attached hydrogens (tertiary/aromatic N) is 3. The largest absolute Gasteiger partial charge is 0.488 e. The zero-order chi connectivity index (χ0) is 17.8. The standard InChI is InChI=1S/C19H18FN3O2/c1-13(2)23-17(8-10-22-23)19-14(5-4-9-21-19)12-25-18-7-3-6-16(20)15(18)11-24/h3-11,13H,12H2,1-2H3. The SMILES string of the molecule is CC(C)n1nccc1-c1ncccc1COc1cccc(F)c1C=O. The van der Waals surface area contributed by atoms with Crippen LogP contribution in [0.3, 0.4) is 0 Å². The van der Waals surface area contributed by atoms with E-state index in [2.05, 4.69) is 10.1 Å². The van der Waals surface area contributed by atoms with Gasteiger partial charge in [0.05, 0.1) is 17.0 Å². The van der Waals surface area contributed by atoms with E-state index >= 15 is 0 Å². The second-order valence-electron chi connectivity index (χ2n) is 5.82. The molecule has 25 heavy (non-hydrogen) atoms. The van der Waals surface area contributed by atoms with E-state index < -0.39 is 5.82 Å². The Balaban J connectivity index is 1.91. The van der Waals surface area contributed by atoms with Crippen molar-refractivity contribution in [2.75, 3.05) is 0 Å². The maximum absolute atomic E-state index is 13.7. The zero-order valence-electron chi connectivity index (χ0n) is 14.0. The van der Waals surface area contributed by atoms with Gasteiger partial charge in [-0.2, -0.15) is 5.10 Å². The van der Waals surface area contributed by atoms with Gasteiger partial charge < -0.3 is 4.74 Å². The molecule has 0 aliphatic heterocycles. The number of aromatic nitrogens is 3. The van der Waals surface area contributed by atoms with Crippen molar-refractivity contribution in [1.82, 2.24) is 14.8 Å². The molecule has 128 valence electrons. The van der Waals surface area contributed by atoms with Crippen molar-refractivity contribution in [1.29, 1.82) is 0 Å². The maximum atomic E-state index is 13.7. The first-order chi connectivity index (χ1) is 12.1. The fourth-order valence-corrected chi connectivity index (χ4v) is 2.61. The summed E-state index contributed by atoms with van der Waals surface area (Å²) in [5.41, 5.74) is 2.37. The maximum Gasteiger partial charge on any atom is 0.156 e. The van der Waals surface area contributed by atoms with Crippen LogP contribution in [-0.4, -0.2) is 21.1 Å². The van der Waals surface area contributed by atoms with Crippen LogP contribution in [-0.2, 0) is 6.61 Å². The Morgan fingerprint density at radius 3 is 2.80 bits per heavy atom. The molecule has 0 aliphatic carbocycles. The van der Waals surface area contributed by atoms with Crippen LogP contribution in [0.4, 0.5) is 4.39 Å². The highest BCUT2D eigenvalue weighted by molar-refractivity contribution is 5.79. The fraction of sp³-hybridized carbons (Fsp3) is 0.211. The molecule has 0 unspecified atom stereocenters. The molecule has 0 radical (unpaired) electrons. The van der Waals surface area contributed by atoms with Crippen molar-refractivity contribution in [3.63, 3.8) is 0 Å². The number of hydrogen-bond acceptors (Lipinski definition) is 4. The molecular weight excluding hydrogens is 321 g/mol. The van der Waals surface area contributed by atoms with Gasteiger partial charge in [-0.05, 0) is 38.1 Å². The van der Waals surface area contributed by atoms with Gasteiger partial charge >= 0.3 is 0 Å². The quantitative estimate of drug-likeness (QED) is 0.636. The van der Waals surface area contributed by atoms with Crippen molar-refractivity contribution in [3.8, 4) is 17.1 Å². The van der Waals surface area contributed by atoms with E-state index in [0.717, 1.165) is 17.0 Å². The van der Waals surface area contributed by atoms with Crippen molar-refractivity contribution in [3.05, 3.63) is 65.7 Å². The van der Waals surface area contributed by atoms with Gasteiger partial charge in [0, 0.05) is 24.0 Å². The summed E-state index contributed by atoms with van der Waals surface area (Å²) in [6, 6.07) is 10.1. The van der Waals surface area contributed by atoms with Gasteiger partial charge in [-0.3, -0.25) is 14.5 Å². The minimum atomic E-state index is -0.600. The molecule has 0 saturated carbocycles. The third-order valence-corrected chi connectivity index (χ3v) is 3.81. The summed E-state index contributed by atoms with van der Waals surface area (Å²) in [6.07, 6.45) is 3.89. The lowest BCUT2D eigenvalue weighted by molar-refractivity contribution is 0.111. The number of carbonyl (C=O) groups is 1. The van der Waals surface area contributed by atoms with E-state index in [-0.39, 0.29) is 24.0 Å². The predicted octanol–water partition coefficient (Wildman–Crippen LogP) is 4.06. The predicted molar refractivity (Wildman–Crippen MR) is 92.0 cm³/mol. The molecule has 0 amide bonds. The Labute approximate surface area is 145 Å². The Morgan fingerprint density at radius 2 is 2.04 bits per heavy atom. The smallest absolute Gasteiger partial charge is 0.156 e. The Kier molecular flexibility index (Phi) is 4.88. The monoisotopic (exact) mass is 339 g/mol. The van der Waals surface area contributed by atoms with Gasteiger partial charge in [0.2, 0.25) is 0 Å². The van der Waals surface area contributed by atoms with Gasteiger partial charge in [0.25, 0.3) is 0 Å². The average molecular weight is 339 g/mol. The number of carbonyl (C=O) groups excluding carboxylic acids is 1. The highest BCUT2D eigenvalue weighted by atomic mass is 19.1. The Bertz CT molecular complexity index is 890. The molecule has 5 nitrogen and oxygen atoms in total. The summed E-state index contributed by atoms with van der Waals surface area (Å²) in [7, 11) is 0. The van der Waals surface area contributed by atoms with Crippen LogP contribution in [0.5, 0.6) is 5.75 Å². The average Bonchev–Trinajstić information content (AvgIpc) is 3.10. The first-order valence-electron chi connectivity index (χ1n) is 7.96. The molecule has 0 atom stereocenters. The fourth-order valence-electron chi connectivity index (χ4n) is 2.61. The van der Waals surface area contributed by atoms with Crippen LogP contribution in [0.2, 0.25) is 0 Å². The number of rotatable bonds is 6. The molecule has 0 aliphatic rings. The summed E-state index contributed by atoms with van der Waals surface area (Å²) in [5.74, 6) is -0.390. The molecule has 3 rings (SSSR count). The third-order valence-electron chi connectivity index (χ3n) is 3.81. The summed E-state index contributed by atoms with van der Waals surface area (Å²) in [6.45, 7) is 4.24. The van der Waals surface area contributed by atoms with E-state index in [1.54, 1.807) is 18.5 Å². The van der Waals surface area contributed by atoms with Crippen LogP contribution < -0.4 is 4.74 Å². The topological polar surface area (TPSA) is 57.0 Å². The number of pyridine rings is 1. The molecule has 0 N–H and O–H groups in total. The lowest BCUT2D eigenvalue weighted by Gasteiger charge is -2.14. The zero-order valence-corrected chi connectivity index (χ0v) is 14.0. The number of hydrogen-bond donors (Lipinski definition) is 0. The van der Waals surface area contributed by atoms with Gasteiger partial charge in [-0.15, -0.1) is 0 Å². The van der Waals surface area contributed by atoms with E-state index in [0.29, 0.717) is 6.29 Å². The van der Waals surface area contributed by atoms with Crippen LogP contribution in [0, 0.1) is 5.82 Å². The molecule has 3 aromatic rings. The highest BCUT2D eigenvalue weighted by Crippen LogP contribution is 2.26. The molecular formula is C19H18FN3O2. The molecule has 0 fully saturated rings. The number of ether oxygens (including phenoxy) is 1. The van der Waals surface area contributed by atoms with Gasteiger partial charge in [0.15, 0.2) is 6.29 Å². The molecule has 0 saturated heterocycles. The Hall–Kier alpha value is -3.02. The lowest BCUT2D eigenvalue weighted by Crippen LogP contribution is -2.08. The van der Waals surface area contributed by atoms with Crippen LogP contribution in [0.25, 0.3) is 11.4 Å². The number of aldehydes is 1. The van der Waals surface area contributed by atoms with Crippen molar-refractivity contribution >= 4 is 6.29 Å². The van der Waals surface area contributed by atoms with Crippen LogP contribution in [0.15, 0.2) is 48.8 Å². The number of halogens is 1. The van der Waals surface area contributed by atoms with Crippen molar-refractivity contribution in [2.45, 2.75) is 26.5 Å². The van der Waals surface area contributed by atoms with Crippen LogP contribution >= 0.6 is 0 Å². The molecule has 6 heteroatoms. The molecule has 2 aromatic heterocycles. The van der Waals surface area contributed by atoms with E-state index in [1.807, 2.05) is 36.7 Å². The first kappa shape index (κ1) is 16.8. The summed E-state index contributed by atoms with van der Waals surface area (Å²) in [5, 5.41) is 4.33. The van der Waals surface area contributed by atoms with E-state index in [1.165, 1.54) is 12.1 Å². The molecule has 0 bridgehead atoms. The normalized spacial score (nSPS) is 10.9. The second kappa shape index (κ2) is 7.25. The van der Waals surface area contributed by atoms with Gasteiger partial charge in [-0.25, -0.2) is 4.39 Å². The molecule has 1 aromatic carbocycles. The van der Waals surface area contributed by atoms with Crippen molar-refractivity contribution in [2.24, 2.45) is 0 Å². The highest BCUT2D eigenvalue weighted by Gasteiger charge is 2.15. The lowest BCUT2D eigenvalue weighted by atomic mass is 10.1. The summed E-state index contributed by atoms with van der Waals surface area (Å²) in [4.78, 5) is 15.5. The van der Waals surface area contributed by atoms with E-state index in [4.69, 9.17) is 4.74 Å². The minimum absolute atomic E-state index is 0.0832. The minimum Gasteiger partial charge on any atom is -0.488 e. The number of benzene rings is 1. The Morgan fingerprint density at radius 1 is 1.20 bits per heavy atom. The first-order valence-corrected chi connectivity index (χ1v) is 7.96. The summed E-state index contributed by atoms with van der Waals surface area (Å²) >= 11 is 0. The van der Waals surface area contributed by atoms with Crippen molar-refractivity contribution < 1.29 is 13.9 Å². The molecule has 0 spiro atoms. The second-order valence-corrected chi connectivity index (χ2v) is 5.82. The van der Waals surface area contributed by atoms with Gasteiger partial charge in [-0.1, -0.05) is 12.1 Å². The van der Waals surface area contributed by atoms with Gasteiger partial charge in [0.1, 0.15) is 18.2 Å². The van der Waals surface area contributed by atoms with E-state index in [9.17, 15) is 9.18 Å². The molecule has 2 heterocycles.